The van der Waals surface area contributed by atoms with E-state index in [1.165, 1.54) is 22.2 Å². The Bertz CT molecular complexity index is 417. The van der Waals surface area contributed by atoms with E-state index in [0.717, 1.165) is 6.42 Å². The summed E-state index contributed by atoms with van der Waals surface area (Å²) in [5.74, 6) is -1.16. The molecule has 0 aromatic carbocycles. The first-order chi connectivity index (χ1) is 8.11. The minimum absolute atomic E-state index is 0.222. The summed E-state index contributed by atoms with van der Waals surface area (Å²) in [7, 11) is 0. The first kappa shape index (κ1) is 11.6. The van der Waals surface area contributed by atoms with Crippen LogP contribution in [0.5, 0.6) is 0 Å². The SMILES string of the molecule is CC(C(=O)N1CCC[C@H]1C(=O)O)n1cncn1. The molecule has 0 radical (unpaired) electrons. The van der Waals surface area contributed by atoms with Gasteiger partial charge in [-0.3, -0.25) is 4.79 Å². The number of hydrogen-bond donors (Lipinski definition) is 1. The molecule has 7 heteroatoms. The second-order valence-electron chi connectivity index (χ2n) is 4.08. The van der Waals surface area contributed by atoms with E-state index in [4.69, 9.17) is 5.11 Å². The Morgan fingerprint density at radius 1 is 1.53 bits per heavy atom. The molecule has 0 aliphatic carbocycles. The number of hydrogen-bond acceptors (Lipinski definition) is 4. The zero-order valence-electron chi connectivity index (χ0n) is 9.48. The third kappa shape index (κ3) is 2.13. The lowest BCUT2D eigenvalue weighted by Gasteiger charge is -2.24. The molecule has 2 rings (SSSR count). The van der Waals surface area contributed by atoms with Crippen LogP contribution in [0.15, 0.2) is 12.7 Å². The summed E-state index contributed by atoms with van der Waals surface area (Å²) in [5, 5.41) is 12.9. The highest BCUT2D eigenvalue weighted by molar-refractivity contribution is 5.86. The van der Waals surface area contributed by atoms with Gasteiger partial charge in [0.25, 0.3) is 0 Å². The van der Waals surface area contributed by atoms with Crippen molar-refractivity contribution in [1.29, 1.82) is 0 Å². The summed E-state index contributed by atoms with van der Waals surface area (Å²) in [6, 6.07) is -1.22. The lowest BCUT2D eigenvalue weighted by atomic mass is 10.2. The van der Waals surface area contributed by atoms with Gasteiger partial charge in [0.05, 0.1) is 0 Å². The topological polar surface area (TPSA) is 88.3 Å². The smallest absolute Gasteiger partial charge is 0.326 e. The summed E-state index contributed by atoms with van der Waals surface area (Å²) in [5.41, 5.74) is 0. The molecule has 17 heavy (non-hydrogen) atoms. The second-order valence-corrected chi connectivity index (χ2v) is 4.08. The van der Waals surface area contributed by atoms with E-state index in [-0.39, 0.29) is 5.91 Å². The number of carboxylic acids is 1. The molecule has 0 spiro atoms. The average Bonchev–Trinajstić information content (AvgIpc) is 2.97. The second kappa shape index (κ2) is 4.52. The van der Waals surface area contributed by atoms with Crippen LogP contribution in [-0.4, -0.2) is 49.2 Å². The van der Waals surface area contributed by atoms with Gasteiger partial charge < -0.3 is 10.0 Å². The molecule has 92 valence electrons. The number of amides is 1. The van der Waals surface area contributed by atoms with E-state index in [1.807, 2.05) is 0 Å². The van der Waals surface area contributed by atoms with E-state index in [2.05, 4.69) is 10.1 Å². The Hall–Kier alpha value is -1.92. The lowest BCUT2D eigenvalue weighted by Crippen LogP contribution is -2.43. The van der Waals surface area contributed by atoms with Gasteiger partial charge in [0, 0.05) is 6.54 Å². The van der Waals surface area contributed by atoms with Crippen LogP contribution in [0.1, 0.15) is 25.8 Å². The molecule has 0 saturated carbocycles. The number of rotatable bonds is 3. The summed E-state index contributed by atoms with van der Waals surface area (Å²) in [4.78, 5) is 28.3. The van der Waals surface area contributed by atoms with E-state index in [0.29, 0.717) is 13.0 Å². The molecule has 1 fully saturated rings. The first-order valence-electron chi connectivity index (χ1n) is 5.48. The summed E-state index contributed by atoms with van der Waals surface area (Å²) >= 11 is 0. The molecular weight excluding hydrogens is 224 g/mol. The van der Waals surface area contributed by atoms with Gasteiger partial charge in [-0.05, 0) is 19.8 Å². The van der Waals surface area contributed by atoms with Gasteiger partial charge in [0.1, 0.15) is 24.7 Å². The summed E-state index contributed by atoms with van der Waals surface area (Å²) < 4.78 is 1.43. The van der Waals surface area contributed by atoms with Crippen molar-refractivity contribution in [1.82, 2.24) is 19.7 Å². The first-order valence-corrected chi connectivity index (χ1v) is 5.48. The highest BCUT2D eigenvalue weighted by Crippen LogP contribution is 2.21. The molecule has 1 amide bonds. The zero-order chi connectivity index (χ0) is 12.4. The van der Waals surface area contributed by atoms with Crippen molar-refractivity contribution in [3.05, 3.63) is 12.7 Å². The standard InChI is InChI=1S/C10H14N4O3/c1-7(14-6-11-5-12-14)9(15)13-4-2-3-8(13)10(16)17/h5-8H,2-4H2,1H3,(H,16,17)/t7?,8-/m0/s1. The molecule has 7 nitrogen and oxygen atoms in total. The minimum Gasteiger partial charge on any atom is -0.480 e. The molecule has 1 N–H and O–H groups in total. The quantitative estimate of drug-likeness (QED) is 0.795. The number of carboxylic acid groups (broad SMARTS) is 1. The van der Waals surface area contributed by atoms with Crippen LogP contribution < -0.4 is 0 Å². The van der Waals surface area contributed by atoms with Crippen molar-refractivity contribution in [3.8, 4) is 0 Å². The maximum absolute atomic E-state index is 12.1. The number of likely N-dealkylation sites (tertiary alicyclic amines) is 1. The number of carbonyl (C=O) groups is 2. The molecule has 0 bridgehead atoms. The van der Waals surface area contributed by atoms with Crippen LogP contribution in [0.4, 0.5) is 0 Å². The van der Waals surface area contributed by atoms with Crippen molar-refractivity contribution < 1.29 is 14.7 Å². The molecule has 1 aliphatic heterocycles. The Morgan fingerprint density at radius 2 is 2.29 bits per heavy atom. The van der Waals surface area contributed by atoms with Crippen molar-refractivity contribution in [3.63, 3.8) is 0 Å². The minimum atomic E-state index is -0.943. The van der Waals surface area contributed by atoms with Gasteiger partial charge in [-0.15, -0.1) is 0 Å². The van der Waals surface area contributed by atoms with E-state index in [9.17, 15) is 9.59 Å². The average molecular weight is 238 g/mol. The van der Waals surface area contributed by atoms with Crippen molar-refractivity contribution >= 4 is 11.9 Å². The monoisotopic (exact) mass is 238 g/mol. The maximum Gasteiger partial charge on any atom is 0.326 e. The Balaban J connectivity index is 2.12. The molecule has 1 aromatic rings. The third-order valence-electron chi connectivity index (χ3n) is 3.01. The Kier molecular flexibility index (Phi) is 3.08. The van der Waals surface area contributed by atoms with Crippen LogP contribution in [0.25, 0.3) is 0 Å². The molecule has 1 aromatic heterocycles. The molecule has 1 unspecified atom stereocenters. The lowest BCUT2D eigenvalue weighted by molar-refractivity contribution is -0.149. The van der Waals surface area contributed by atoms with Crippen LogP contribution in [0.3, 0.4) is 0 Å². The van der Waals surface area contributed by atoms with E-state index in [1.54, 1.807) is 6.92 Å². The van der Waals surface area contributed by atoms with Crippen LogP contribution in [-0.2, 0) is 9.59 Å². The molecular formula is C10H14N4O3. The maximum atomic E-state index is 12.1. The Labute approximate surface area is 98.0 Å². The zero-order valence-corrected chi connectivity index (χ0v) is 9.48. The van der Waals surface area contributed by atoms with Crippen LogP contribution >= 0.6 is 0 Å². The van der Waals surface area contributed by atoms with Crippen molar-refractivity contribution in [2.45, 2.75) is 31.8 Å². The summed E-state index contributed by atoms with van der Waals surface area (Å²) in [6.07, 6.45) is 4.05. The normalized spacial score (nSPS) is 21.5. The number of nitrogens with zero attached hydrogens (tertiary/aromatic N) is 4. The number of carbonyl (C=O) groups excluding carboxylic acids is 1. The van der Waals surface area contributed by atoms with Crippen molar-refractivity contribution in [2.24, 2.45) is 0 Å². The fourth-order valence-electron chi connectivity index (χ4n) is 2.06. The molecule has 1 saturated heterocycles. The molecule has 2 atom stereocenters. The highest BCUT2D eigenvalue weighted by Gasteiger charge is 2.36. The van der Waals surface area contributed by atoms with Gasteiger partial charge >= 0.3 is 5.97 Å². The summed E-state index contributed by atoms with van der Waals surface area (Å²) in [6.45, 7) is 2.18. The largest absolute Gasteiger partial charge is 0.480 e. The van der Waals surface area contributed by atoms with Crippen molar-refractivity contribution in [2.75, 3.05) is 6.54 Å². The highest BCUT2D eigenvalue weighted by atomic mass is 16.4. The predicted molar refractivity (Wildman–Crippen MR) is 57.1 cm³/mol. The number of aromatic nitrogens is 3. The van der Waals surface area contributed by atoms with Crippen LogP contribution in [0.2, 0.25) is 0 Å². The van der Waals surface area contributed by atoms with Gasteiger partial charge in [-0.2, -0.15) is 5.10 Å². The predicted octanol–water partition coefficient (Wildman–Crippen LogP) is -0.0853. The van der Waals surface area contributed by atoms with Gasteiger partial charge in [0.2, 0.25) is 5.91 Å². The molecule has 1 aliphatic rings. The molecule has 2 heterocycles. The van der Waals surface area contributed by atoms with E-state index >= 15 is 0 Å². The fourth-order valence-corrected chi connectivity index (χ4v) is 2.06. The third-order valence-corrected chi connectivity index (χ3v) is 3.01. The number of aliphatic carboxylic acids is 1. The van der Waals surface area contributed by atoms with E-state index < -0.39 is 18.1 Å². The van der Waals surface area contributed by atoms with Gasteiger partial charge in [-0.1, -0.05) is 0 Å². The van der Waals surface area contributed by atoms with Crippen LogP contribution in [0, 0.1) is 0 Å². The van der Waals surface area contributed by atoms with Gasteiger partial charge in [-0.25, -0.2) is 14.5 Å². The fraction of sp³-hybridized carbons (Fsp3) is 0.600. The van der Waals surface area contributed by atoms with Gasteiger partial charge in [0.15, 0.2) is 0 Å². The Morgan fingerprint density at radius 3 is 2.88 bits per heavy atom.